The molecule has 8 nitrogen and oxygen atoms in total. The minimum Gasteiger partial charge on any atom is -0.483 e. The fourth-order valence-corrected chi connectivity index (χ4v) is 2.71. The zero-order valence-electron chi connectivity index (χ0n) is 14.0. The number of nitrogens with zero attached hydrogens (tertiary/aromatic N) is 4. The monoisotopic (exact) mass is 326 g/mol. The molecule has 0 radical (unpaired) electrons. The van der Waals surface area contributed by atoms with Crippen molar-refractivity contribution in [2.24, 2.45) is 13.0 Å². The summed E-state index contributed by atoms with van der Waals surface area (Å²) in [4.78, 5) is 28.9. The molecule has 1 aliphatic rings. The number of likely N-dealkylation sites (tertiary alicyclic amines) is 1. The van der Waals surface area contributed by atoms with E-state index in [1.54, 1.807) is 24.2 Å². The first-order chi connectivity index (χ1) is 11.0. The standard InChI is InChI=1S/C14H24N4O2.CH2O2/c1-16(14(19)13-8-15-11-17(13)2)9-12-4-5-18(10-12)6-7-20-3;2-1-3/h8,11-12H,4-7,9-10H2,1-3H3;1H,(H,2,3). The summed E-state index contributed by atoms with van der Waals surface area (Å²) in [6, 6.07) is 0. The van der Waals surface area contributed by atoms with Crippen molar-refractivity contribution in [2.75, 3.05) is 46.9 Å². The Hall–Kier alpha value is -1.93. The number of hydrogen-bond acceptors (Lipinski definition) is 5. The molecule has 1 N–H and O–H groups in total. The van der Waals surface area contributed by atoms with E-state index in [1.807, 2.05) is 19.0 Å². The molecule has 1 atom stereocenters. The molecular weight excluding hydrogens is 300 g/mol. The third-order valence-corrected chi connectivity index (χ3v) is 3.90. The number of amides is 1. The van der Waals surface area contributed by atoms with Gasteiger partial charge in [-0.1, -0.05) is 0 Å². The second kappa shape index (κ2) is 9.96. The van der Waals surface area contributed by atoms with Gasteiger partial charge in [0.25, 0.3) is 12.4 Å². The normalized spacial score (nSPS) is 17.4. The average molecular weight is 326 g/mol. The summed E-state index contributed by atoms with van der Waals surface area (Å²) in [5.74, 6) is 0.592. The van der Waals surface area contributed by atoms with Gasteiger partial charge in [-0.25, -0.2) is 4.98 Å². The topological polar surface area (TPSA) is 87.9 Å². The predicted molar refractivity (Wildman–Crippen MR) is 85.3 cm³/mol. The summed E-state index contributed by atoms with van der Waals surface area (Å²) >= 11 is 0. The van der Waals surface area contributed by atoms with E-state index in [9.17, 15) is 4.79 Å². The molecule has 0 aromatic carbocycles. The molecule has 0 spiro atoms. The van der Waals surface area contributed by atoms with Crippen LogP contribution in [0.15, 0.2) is 12.5 Å². The first-order valence-electron chi connectivity index (χ1n) is 7.54. The van der Waals surface area contributed by atoms with Gasteiger partial charge in [-0.15, -0.1) is 0 Å². The first kappa shape index (κ1) is 19.1. The Morgan fingerprint density at radius 2 is 2.30 bits per heavy atom. The van der Waals surface area contributed by atoms with Crippen LogP contribution in [0.1, 0.15) is 16.9 Å². The summed E-state index contributed by atoms with van der Waals surface area (Å²) in [5, 5.41) is 6.89. The van der Waals surface area contributed by atoms with E-state index < -0.39 is 0 Å². The Balaban J connectivity index is 0.000000816. The largest absolute Gasteiger partial charge is 0.483 e. The Morgan fingerprint density at radius 3 is 2.87 bits per heavy atom. The highest BCUT2D eigenvalue weighted by Gasteiger charge is 2.25. The predicted octanol–water partition coefficient (Wildman–Crippen LogP) is 0.161. The van der Waals surface area contributed by atoms with Crippen molar-refractivity contribution in [2.45, 2.75) is 6.42 Å². The van der Waals surface area contributed by atoms with Gasteiger partial charge < -0.3 is 24.2 Å². The summed E-state index contributed by atoms with van der Waals surface area (Å²) in [6.07, 6.45) is 4.42. The van der Waals surface area contributed by atoms with Gasteiger partial charge in [-0.05, 0) is 18.9 Å². The third-order valence-electron chi connectivity index (χ3n) is 3.90. The number of aromatic nitrogens is 2. The summed E-state index contributed by atoms with van der Waals surface area (Å²) in [7, 11) is 5.44. The Labute approximate surface area is 136 Å². The quantitative estimate of drug-likeness (QED) is 0.749. The lowest BCUT2D eigenvalue weighted by atomic mass is 10.1. The number of imidazole rings is 1. The minimum absolute atomic E-state index is 0.0420. The molecule has 0 bridgehead atoms. The maximum Gasteiger partial charge on any atom is 0.290 e. The molecule has 1 aliphatic heterocycles. The van der Waals surface area contributed by atoms with Crippen molar-refractivity contribution in [3.8, 4) is 0 Å². The third kappa shape index (κ3) is 5.99. The van der Waals surface area contributed by atoms with E-state index in [-0.39, 0.29) is 12.4 Å². The zero-order chi connectivity index (χ0) is 17.2. The molecule has 1 aromatic rings. The fraction of sp³-hybridized carbons (Fsp3) is 0.667. The van der Waals surface area contributed by atoms with Crippen molar-refractivity contribution in [1.82, 2.24) is 19.4 Å². The van der Waals surface area contributed by atoms with Crippen LogP contribution in [0.5, 0.6) is 0 Å². The summed E-state index contributed by atoms with van der Waals surface area (Å²) in [6.45, 7) is 4.45. The highest BCUT2D eigenvalue weighted by Crippen LogP contribution is 2.17. The Bertz CT molecular complexity index is 492. The van der Waals surface area contributed by atoms with Crippen LogP contribution in [0.25, 0.3) is 0 Å². The second-order valence-electron chi connectivity index (χ2n) is 5.63. The van der Waals surface area contributed by atoms with E-state index in [2.05, 4.69) is 9.88 Å². The number of carbonyl (C=O) groups is 2. The zero-order valence-corrected chi connectivity index (χ0v) is 14.0. The lowest BCUT2D eigenvalue weighted by molar-refractivity contribution is -0.122. The van der Waals surface area contributed by atoms with Gasteiger partial charge in [-0.2, -0.15) is 0 Å². The van der Waals surface area contributed by atoms with E-state index >= 15 is 0 Å². The number of ether oxygens (including phenoxy) is 1. The Kier molecular flexibility index (Phi) is 8.28. The summed E-state index contributed by atoms with van der Waals surface area (Å²) < 4.78 is 6.87. The molecule has 1 saturated heterocycles. The molecule has 1 fully saturated rings. The van der Waals surface area contributed by atoms with Crippen LogP contribution < -0.4 is 0 Å². The van der Waals surface area contributed by atoms with Crippen LogP contribution >= 0.6 is 0 Å². The smallest absolute Gasteiger partial charge is 0.290 e. The molecule has 130 valence electrons. The van der Waals surface area contributed by atoms with Gasteiger partial charge in [-0.3, -0.25) is 9.59 Å². The van der Waals surface area contributed by atoms with Crippen molar-refractivity contribution in [1.29, 1.82) is 0 Å². The van der Waals surface area contributed by atoms with Crippen molar-refractivity contribution in [3.63, 3.8) is 0 Å². The number of carbonyl (C=O) groups excluding carboxylic acids is 1. The maximum absolute atomic E-state index is 12.3. The Morgan fingerprint density at radius 1 is 1.61 bits per heavy atom. The van der Waals surface area contributed by atoms with E-state index in [1.165, 1.54) is 0 Å². The van der Waals surface area contributed by atoms with Crippen LogP contribution in [0, 0.1) is 5.92 Å². The van der Waals surface area contributed by atoms with E-state index in [0.717, 1.165) is 39.2 Å². The van der Waals surface area contributed by atoms with Crippen LogP contribution in [-0.2, 0) is 16.6 Å². The molecule has 2 heterocycles. The fourth-order valence-electron chi connectivity index (χ4n) is 2.71. The van der Waals surface area contributed by atoms with Gasteiger partial charge in [0.2, 0.25) is 0 Å². The lowest BCUT2D eigenvalue weighted by Crippen LogP contribution is -2.34. The van der Waals surface area contributed by atoms with Crippen LogP contribution in [-0.4, -0.2) is 83.8 Å². The molecule has 1 amide bonds. The average Bonchev–Trinajstić information content (AvgIpc) is 3.14. The van der Waals surface area contributed by atoms with E-state index in [4.69, 9.17) is 14.6 Å². The van der Waals surface area contributed by atoms with Crippen LogP contribution in [0.2, 0.25) is 0 Å². The van der Waals surface area contributed by atoms with Gasteiger partial charge >= 0.3 is 0 Å². The van der Waals surface area contributed by atoms with Gasteiger partial charge in [0, 0.05) is 40.8 Å². The van der Waals surface area contributed by atoms with E-state index in [0.29, 0.717) is 11.6 Å². The molecule has 23 heavy (non-hydrogen) atoms. The van der Waals surface area contributed by atoms with Gasteiger partial charge in [0.15, 0.2) is 0 Å². The van der Waals surface area contributed by atoms with Crippen molar-refractivity contribution < 1.29 is 19.4 Å². The van der Waals surface area contributed by atoms with Crippen molar-refractivity contribution >= 4 is 12.4 Å². The van der Waals surface area contributed by atoms with Gasteiger partial charge in [0.05, 0.1) is 19.1 Å². The molecule has 8 heteroatoms. The number of carboxylic acid groups (broad SMARTS) is 1. The summed E-state index contributed by atoms with van der Waals surface area (Å²) in [5.41, 5.74) is 0.640. The number of methoxy groups -OCH3 is 1. The highest BCUT2D eigenvalue weighted by atomic mass is 16.5. The molecule has 1 aromatic heterocycles. The first-order valence-corrected chi connectivity index (χ1v) is 7.54. The molecule has 0 aliphatic carbocycles. The van der Waals surface area contributed by atoms with Crippen LogP contribution in [0.3, 0.4) is 0 Å². The van der Waals surface area contributed by atoms with Crippen molar-refractivity contribution in [3.05, 3.63) is 18.2 Å². The molecule has 2 rings (SSSR count). The number of rotatable bonds is 6. The molecular formula is C15H26N4O4. The molecule has 1 unspecified atom stereocenters. The maximum atomic E-state index is 12.3. The second-order valence-corrected chi connectivity index (χ2v) is 5.63. The minimum atomic E-state index is -0.250. The highest BCUT2D eigenvalue weighted by molar-refractivity contribution is 5.92. The lowest BCUT2D eigenvalue weighted by Gasteiger charge is -2.21. The number of hydrogen-bond donors (Lipinski definition) is 1. The van der Waals surface area contributed by atoms with Crippen LogP contribution in [0.4, 0.5) is 0 Å². The SMILES string of the molecule is COCCN1CCC(CN(C)C(=O)c2cncn2C)C1.O=CO. The number of aryl methyl sites for hydroxylation is 1. The van der Waals surface area contributed by atoms with Gasteiger partial charge in [0.1, 0.15) is 5.69 Å². The molecule has 0 saturated carbocycles.